The third-order valence-electron chi connectivity index (χ3n) is 2.33. The first-order valence-corrected chi connectivity index (χ1v) is 5.17. The van der Waals surface area contributed by atoms with Crippen LogP contribution in [0, 0.1) is 0 Å². The zero-order chi connectivity index (χ0) is 10.5. The Labute approximate surface area is 88.6 Å². The first-order valence-electron chi connectivity index (χ1n) is 5.17. The summed E-state index contributed by atoms with van der Waals surface area (Å²) in [4.78, 5) is 7.90. The first-order chi connectivity index (χ1) is 7.34. The summed E-state index contributed by atoms with van der Waals surface area (Å²) in [7, 11) is 0. The van der Waals surface area contributed by atoms with Crippen LogP contribution in [0.1, 0.15) is 19.3 Å². The normalized spacial score (nSPS) is 21.2. The minimum Gasteiger partial charge on any atom is -0.461 e. The van der Waals surface area contributed by atoms with Crippen molar-refractivity contribution in [1.82, 2.24) is 9.97 Å². The van der Waals surface area contributed by atoms with Crippen molar-refractivity contribution < 1.29 is 9.47 Å². The van der Waals surface area contributed by atoms with Gasteiger partial charge in [-0.05, 0) is 25.3 Å². The Kier molecular flexibility index (Phi) is 3.34. The average Bonchev–Trinajstić information content (AvgIpc) is 2.28. The molecule has 5 heteroatoms. The van der Waals surface area contributed by atoms with E-state index in [-0.39, 0.29) is 6.10 Å². The smallest absolute Gasteiger partial charge is 0.318 e. The number of hydrogen-bond acceptors (Lipinski definition) is 5. The zero-order valence-electron chi connectivity index (χ0n) is 8.56. The largest absolute Gasteiger partial charge is 0.461 e. The molecule has 2 heterocycles. The van der Waals surface area contributed by atoms with E-state index in [2.05, 4.69) is 9.97 Å². The van der Waals surface area contributed by atoms with E-state index in [0.29, 0.717) is 18.4 Å². The molecule has 1 saturated heterocycles. The lowest BCUT2D eigenvalue weighted by atomic mass is 10.1. The van der Waals surface area contributed by atoms with Crippen molar-refractivity contribution in [2.75, 3.05) is 18.9 Å². The van der Waals surface area contributed by atoms with Crippen molar-refractivity contribution in [3.8, 4) is 6.01 Å². The van der Waals surface area contributed by atoms with Gasteiger partial charge in [-0.25, -0.2) is 4.98 Å². The van der Waals surface area contributed by atoms with Crippen LogP contribution in [0.2, 0.25) is 0 Å². The molecule has 0 aliphatic carbocycles. The highest BCUT2D eigenvalue weighted by Crippen LogP contribution is 2.13. The SMILES string of the molecule is Nc1ccnc(OCC2CCCCO2)n1. The van der Waals surface area contributed by atoms with Gasteiger partial charge in [0.2, 0.25) is 0 Å². The van der Waals surface area contributed by atoms with Crippen molar-refractivity contribution in [3.05, 3.63) is 12.3 Å². The zero-order valence-corrected chi connectivity index (χ0v) is 8.56. The van der Waals surface area contributed by atoms with Gasteiger partial charge in [-0.2, -0.15) is 4.98 Å². The number of anilines is 1. The molecule has 0 spiro atoms. The number of aromatic nitrogens is 2. The van der Waals surface area contributed by atoms with Gasteiger partial charge in [0.15, 0.2) is 0 Å². The van der Waals surface area contributed by atoms with Gasteiger partial charge in [0.05, 0.1) is 6.10 Å². The Morgan fingerprint density at radius 2 is 2.47 bits per heavy atom. The van der Waals surface area contributed by atoms with E-state index in [1.165, 1.54) is 6.42 Å². The highest BCUT2D eigenvalue weighted by atomic mass is 16.5. The van der Waals surface area contributed by atoms with Gasteiger partial charge in [0.1, 0.15) is 12.4 Å². The van der Waals surface area contributed by atoms with Crippen molar-refractivity contribution >= 4 is 5.82 Å². The van der Waals surface area contributed by atoms with Crippen LogP contribution < -0.4 is 10.5 Å². The molecule has 1 unspecified atom stereocenters. The fourth-order valence-corrected chi connectivity index (χ4v) is 1.53. The Morgan fingerprint density at radius 1 is 1.53 bits per heavy atom. The van der Waals surface area contributed by atoms with Crippen molar-refractivity contribution in [2.24, 2.45) is 0 Å². The van der Waals surface area contributed by atoms with Gasteiger partial charge in [-0.1, -0.05) is 0 Å². The van der Waals surface area contributed by atoms with E-state index in [1.807, 2.05) is 0 Å². The van der Waals surface area contributed by atoms with Gasteiger partial charge in [0, 0.05) is 12.8 Å². The molecule has 0 radical (unpaired) electrons. The Bertz CT molecular complexity index is 313. The minimum atomic E-state index is 0.170. The van der Waals surface area contributed by atoms with Crippen molar-refractivity contribution in [1.29, 1.82) is 0 Å². The summed E-state index contributed by atoms with van der Waals surface area (Å²) in [5.41, 5.74) is 5.50. The molecule has 0 aromatic carbocycles. The lowest BCUT2D eigenvalue weighted by Gasteiger charge is -2.21. The third kappa shape index (κ3) is 3.06. The lowest BCUT2D eigenvalue weighted by Crippen LogP contribution is -2.26. The predicted octanol–water partition coefficient (Wildman–Crippen LogP) is 1.01. The van der Waals surface area contributed by atoms with E-state index in [0.717, 1.165) is 19.4 Å². The monoisotopic (exact) mass is 209 g/mol. The quantitative estimate of drug-likeness (QED) is 0.804. The molecular weight excluding hydrogens is 194 g/mol. The summed E-state index contributed by atoms with van der Waals surface area (Å²) in [6.45, 7) is 1.33. The molecular formula is C10H15N3O2. The van der Waals surface area contributed by atoms with Crippen LogP contribution in [0.25, 0.3) is 0 Å². The van der Waals surface area contributed by atoms with Gasteiger partial charge in [-0.15, -0.1) is 0 Å². The highest BCUT2D eigenvalue weighted by Gasteiger charge is 2.14. The second-order valence-electron chi connectivity index (χ2n) is 3.56. The van der Waals surface area contributed by atoms with Gasteiger partial charge in [0.25, 0.3) is 0 Å². The summed E-state index contributed by atoms with van der Waals surface area (Å²) in [5.74, 6) is 0.421. The number of rotatable bonds is 3. The maximum Gasteiger partial charge on any atom is 0.318 e. The molecule has 82 valence electrons. The molecule has 1 aliphatic heterocycles. The summed E-state index contributed by atoms with van der Waals surface area (Å²) < 4.78 is 10.9. The van der Waals surface area contributed by atoms with Crippen LogP contribution in [0.3, 0.4) is 0 Å². The Hall–Kier alpha value is -1.36. The fraction of sp³-hybridized carbons (Fsp3) is 0.600. The highest BCUT2D eigenvalue weighted by molar-refractivity contribution is 5.26. The molecule has 15 heavy (non-hydrogen) atoms. The molecule has 2 N–H and O–H groups in total. The minimum absolute atomic E-state index is 0.170. The maximum absolute atomic E-state index is 5.52. The molecule has 1 atom stereocenters. The molecule has 0 bridgehead atoms. The number of nitrogens with zero attached hydrogens (tertiary/aromatic N) is 2. The fourth-order valence-electron chi connectivity index (χ4n) is 1.53. The van der Waals surface area contributed by atoms with E-state index in [9.17, 15) is 0 Å². The van der Waals surface area contributed by atoms with E-state index >= 15 is 0 Å². The molecule has 0 amide bonds. The first kappa shape index (κ1) is 10.2. The summed E-state index contributed by atoms with van der Waals surface area (Å²) in [6, 6.07) is 1.95. The van der Waals surface area contributed by atoms with Crippen LogP contribution in [0.5, 0.6) is 6.01 Å². The standard InChI is InChI=1S/C10H15N3O2/c11-9-4-5-12-10(13-9)15-7-8-3-1-2-6-14-8/h4-5,8H,1-3,6-7H2,(H2,11,12,13). The third-order valence-corrected chi connectivity index (χ3v) is 2.33. The Morgan fingerprint density at radius 3 is 3.20 bits per heavy atom. The molecule has 0 saturated carbocycles. The summed E-state index contributed by atoms with van der Waals surface area (Å²) in [5, 5.41) is 0. The van der Waals surface area contributed by atoms with Crippen molar-refractivity contribution in [2.45, 2.75) is 25.4 Å². The predicted molar refractivity (Wildman–Crippen MR) is 55.5 cm³/mol. The Balaban J connectivity index is 1.81. The number of hydrogen-bond donors (Lipinski definition) is 1. The molecule has 1 fully saturated rings. The summed E-state index contributed by atoms with van der Waals surface area (Å²) in [6.07, 6.45) is 5.14. The number of nitrogens with two attached hydrogens (primary N) is 1. The molecule has 1 aliphatic rings. The van der Waals surface area contributed by atoms with Gasteiger partial charge >= 0.3 is 6.01 Å². The molecule has 2 rings (SSSR count). The lowest BCUT2D eigenvalue weighted by molar-refractivity contribution is -0.0128. The van der Waals surface area contributed by atoms with Gasteiger partial charge in [-0.3, -0.25) is 0 Å². The molecule has 5 nitrogen and oxygen atoms in total. The topological polar surface area (TPSA) is 70.3 Å². The van der Waals surface area contributed by atoms with Crippen LogP contribution in [0.15, 0.2) is 12.3 Å². The number of nitrogen functional groups attached to an aromatic ring is 1. The van der Waals surface area contributed by atoms with E-state index in [4.69, 9.17) is 15.2 Å². The average molecular weight is 209 g/mol. The van der Waals surface area contributed by atoms with Crippen molar-refractivity contribution in [3.63, 3.8) is 0 Å². The van der Waals surface area contributed by atoms with Crippen LogP contribution in [-0.4, -0.2) is 29.3 Å². The summed E-state index contributed by atoms with van der Waals surface area (Å²) >= 11 is 0. The van der Waals surface area contributed by atoms with Gasteiger partial charge < -0.3 is 15.2 Å². The second kappa shape index (κ2) is 4.93. The van der Waals surface area contributed by atoms with Crippen LogP contribution in [-0.2, 0) is 4.74 Å². The number of ether oxygens (including phenoxy) is 2. The molecule has 1 aromatic rings. The maximum atomic E-state index is 5.52. The van der Waals surface area contributed by atoms with Crippen LogP contribution >= 0.6 is 0 Å². The van der Waals surface area contributed by atoms with E-state index < -0.39 is 0 Å². The van der Waals surface area contributed by atoms with E-state index in [1.54, 1.807) is 12.3 Å². The second-order valence-corrected chi connectivity index (χ2v) is 3.56. The van der Waals surface area contributed by atoms with Crippen LogP contribution in [0.4, 0.5) is 5.82 Å². The molecule has 1 aromatic heterocycles.